The predicted octanol–water partition coefficient (Wildman–Crippen LogP) is 6.65. The highest BCUT2D eigenvalue weighted by Gasteiger charge is 2.75. The number of esters is 1. The number of hydrogen-bond donors (Lipinski definition) is 0. The molecule has 3 rings (SSSR count). The number of ether oxygens (including phenoxy) is 1. The first-order chi connectivity index (χ1) is 12.0. The molecule has 1 heterocycles. The minimum absolute atomic E-state index is 0.0148. The number of allylic oxidation sites excluding steroid dienone is 2. The molecule has 2 nitrogen and oxygen atoms in total. The van der Waals surface area contributed by atoms with Crippen LogP contribution in [0.5, 0.6) is 0 Å². The molecule has 0 aromatic rings. The Morgan fingerprint density at radius 2 is 1.44 bits per heavy atom. The zero-order chi connectivity index (χ0) is 21.0. The Morgan fingerprint density at radius 3 is 1.96 bits per heavy atom. The molecule has 1 saturated carbocycles. The van der Waals surface area contributed by atoms with E-state index in [0.717, 1.165) is 6.42 Å². The summed E-state index contributed by atoms with van der Waals surface area (Å²) in [5, 5.41) is 0. The van der Waals surface area contributed by atoms with E-state index < -0.39 is 11.0 Å². The van der Waals surface area contributed by atoms with Gasteiger partial charge in [-0.15, -0.1) is 0 Å². The second-order valence-corrected chi connectivity index (χ2v) is 11.8. The van der Waals surface area contributed by atoms with Gasteiger partial charge in [0, 0.05) is 5.41 Å². The Hall–Kier alpha value is -0.790. The molecule has 3 aliphatic rings. The van der Waals surface area contributed by atoms with Gasteiger partial charge in [-0.25, -0.2) is 0 Å². The quantitative estimate of drug-likeness (QED) is 0.351. The monoisotopic (exact) mass is 374 g/mol. The fraction of sp³-hybridized carbons (Fsp3) is 0.880. The smallest absolute Gasteiger partial charge is 0.313 e. The van der Waals surface area contributed by atoms with E-state index in [0.29, 0.717) is 17.8 Å². The molecule has 2 bridgehead atoms. The molecule has 154 valence electrons. The summed E-state index contributed by atoms with van der Waals surface area (Å²) in [7, 11) is 0. The standard InChI is InChI=1S/C25H42O2/c1-14-13-23(10)18(5)24(11)20(26)27-22(8,9)25(24,12)17(4)16(3)19(15(14)2)21(23,6)7/h14,16-18H,13H2,1-12H3. The summed E-state index contributed by atoms with van der Waals surface area (Å²) in [6, 6.07) is 0. The summed E-state index contributed by atoms with van der Waals surface area (Å²) in [5.41, 5.74) is 2.15. The van der Waals surface area contributed by atoms with E-state index in [2.05, 4.69) is 83.1 Å². The third kappa shape index (κ3) is 2.01. The van der Waals surface area contributed by atoms with Crippen molar-refractivity contribution in [3.63, 3.8) is 0 Å². The van der Waals surface area contributed by atoms with Gasteiger partial charge in [0.1, 0.15) is 5.60 Å². The summed E-state index contributed by atoms with van der Waals surface area (Å²) in [4.78, 5) is 13.5. The van der Waals surface area contributed by atoms with Crippen LogP contribution in [0.4, 0.5) is 0 Å². The minimum Gasteiger partial charge on any atom is -0.459 e. The van der Waals surface area contributed by atoms with Crippen LogP contribution < -0.4 is 0 Å². The van der Waals surface area contributed by atoms with Crippen LogP contribution in [0, 0.1) is 45.3 Å². The highest BCUT2D eigenvalue weighted by Crippen LogP contribution is 2.73. The number of cyclic esters (lactones) is 1. The molecule has 0 amide bonds. The molecule has 0 aromatic heterocycles. The molecule has 1 saturated heterocycles. The number of fused-ring (bicyclic) bond motifs is 3. The van der Waals surface area contributed by atoms with Gasteiger partial charge in [0.05, 0.1) is 5.41 Å². The third-order valence-electron chi connectivity index (χ3n) is 11.0. The van der Waals surface area contributed by atoms with E-state index >= 15 is 0 Å². The van der Waals surface area contributed by atoms with Crippen molar-refractivity contribution in [2.24, 2.45) is 45.3 Å². The SMILES string of the molecule is CC1=C2C(C)C(C)C3(C)C(C)(C)OC(=O)C3(C)C(C)C(C)(CC1C)C2(C)C. The maximum atomic E-state index is 13.5. The molecule has 2 fully saturated rings. The first-order valence-electron chi connectivity index (χ1n) is 11.0. The van der Waals surface area contributed by atoms with Crippen LogP contribution in [-0.4, -0.2) is 11.6 Å². The van der Waals surface area contributed by atoms with Crippen molar-refractivity contribution in [2.75, 3.05) is 0 Å². The Morgan fingerprint density at radius 1 is 0.926 bits per heavy atom. The Labute approximate surface area is 167 Å². The van der Waals surface area contributed by atoms with E-state index in [-0.39, 0.29) is 28.1 Å². The van der Waals surface area contributed by atoms with Crippen LogP contribution in [0.1, 0.15) is 89.5 Å². The Bertz CT molecular complexity index is 714. The van der Waals surface area contributed by atoms with Crippen LogP contribution in [0.15, 0.2) is 11.1 Å². The first-order valence-corrected chi connectivity index (χ1v) is 11.0. The van der Waals surface area contributed by atoms with E-state index in [9.17, 15) is 4.79 Å². The zero-order valence-corrected chi connectivity index (χ0v) is 19.8. The van der Waals surface area contributed by atoms with Gasteiger partial charge in [-0.2, -0.15) is 0 Å². The number of rotatable bonds is 0. The van der Waals surface area contributed by atoms with E-state index in [1.807, 2.05) is 0 Å². The van der Waals surface area contributed by atoms with Crippen molar-refractivity contribution in [3.05, 3.63) is 11.1 Å². The van der Waals surface area contributed by atoms with Crippen LogP contribution in [0.2, 0.25) is 0 Å². The maximum absolute atomic E-state index is 13.5. The molecule has 7 atom stereocenters. The lowest BCUT2D eigenvalue weighted by atomic mass is 9.37. The molecule has 0 N–H and O–H groups in total. The average molecular weight is 375 g/mol. The van der Waals surface area contributed by atoms with Gasteiger partial charge in [-0.1, -0.05) is 66.5 Å². The topological polar surface area (TPSA) is 26.3 Å². The normalized spacial score (nSPS) is 51.3. The van der Waals surface area contributed by atoms with Crippen LogP contribution in [0.25, 0.3) is 0 Å². The molecule has 2 aliphatic carbocycles. The number of carbonyl (C=O) groups excluding carboxylic acids is 1. The Kier molecular flexibility index (Phi) is 4.20. The highest BCUT2D eigenvalue weighted by atomic mass is 16.6. The van der Waals surface area contributed by atoms with Crippen LogP contribution >= 0.6 is 0 Å². The van der Waals surface area contributed by atoms with Crippen molar-refractivity contribution < 1.29 is 9.53 Å². The second kappa shape index (κ2) is 5.42. The van der Waals surface area contributed by atoms with Crippen molar-refractivity contribution in [1.82, 2.24) is 0 Å². The van der Waals surface area contributed by atoms with Gasteiger partial charge < -0.3 is 4.74 Å². The minimum atomic E-state index is -0.493. The maximum Gasteiger partial charge on any atom is 0.313 e. The summed E-state index contributed by atoms with van der Waals surface area (Å²) in [5.74, 6) is 1.59. The van der Waals surface area contributed by atoms with Crippen molar-refractivity contribution in [2.45, 2.75) is 95.1 Å². The van der Waals surface area contributed by atoms with Crippen molar-refractivity contribution >= 4 is 5.97 Å². The molecule has 27 heavy (non-hydrogen) atoms. The first kappa shape index (κ1) is 20.9. The third-order valence-corrected chi connectivity index (χ3v) is 11.0. The molecule has 0 spiro atoms. The highest BCUT2D eigenvalue weighted by molar-refractivity contribution is 5.82. The molecular weight excluding hydrogens is 332 g/mol. The van der Waals surface area contributed by atoms with Crippen molar-refractivity contribution in [1.29, 1.82) is 0 Å². The van der Waals surface area contributed by atoms with E-state index in [4.69, 9.17) is 4.74 Å². The zero-order valence-electron chi connectivity index (χ0n) is 19.8. The molecular formula is C25H42O2. The van der Waals surface area contributed by atoms with E-state index in [1.54, 1.807) is 11.1 Å². The second-order valence-electron chi connectivity index (χ2n) is 11.8. The Balaban J connectivity index is 2.43. The van der Waals surface area contributed by atoms with Gasteiger partial charge in [-0.3, -0.25) is 4.79 Å². The van der Waals surface area contributed by atoms with Gasteiger partial charge in [0.15, 0.2) is 0 Å². The summed E-state index contributed by atoms with van der Waals surface area (Å²) in [6.45, 7) is 28.0. The van der Waals surface area contributed by atoms with Crippen LogP contribution in [-0.2, 0) is 9.53 Å². The number of hydrogen-bond acceptors (Lipinski definition) is 2. The van der Waals surface area contributed by atoms with Gasteiger partial charge >= 0.3 is 5.97 Å². The molecule has 0 aromatic carbocycles. The van der Waals surface area contributed by atoms with Gasteiger partial charge in [0.2, 0.25) is 0 Å². The van der Waals surface area contributed by atoms with Crippen molar-refractivity contribution in [3.8, 4) is 0 Å². The molecule has 0 radical (unpaired) electrons. The molecule has 1 aliphatic heterocycles. The summed E-state index contributed by atoms with van der Waals surface area (Å²) < 4.78 is 6.16. The summed E-state index contributed by atoms with van der Waals surface area (Å²) in [6.07, 6.45) is 1.14. The summed E-state index contributed by atoms with van der Waals surface area (Å²) >= 11 is 0. The lowest BCUT2D eigenvalue weighted by molar-refractivity contribution is -0.163. The number of carbonyl (C=O) groups is 1. The van der Waals surface area contributed by atoms with Gasteiger partial charge in [-0.05, 0) is 68.6 Å². The molecule has 7 unspecified atom stereocenters. The van der Waals surface area contributed by atoms with E-state index in [1.165, 1.54) is 0 Å². The van der Waals surface area contributed by atoms with Crippen LogP contribution in [0.3, 0.4) is 0 Å². The average Bonchev–Trinajstić information content (AvgIpc) is 2.68. The van der Waals surface area contributed by atoms with Gasteiger partial charge in [0.25, 0.3) is 0 Å². The fourth-order valence-corrected chi connectivity index (χ4v) is 8.07. The lowest BCUT2D eigenvalue weighted by Gasteiger charge is -2.65. The predicted molar refractivity (Wildman–Crippen MR) is 112 cm³/mol. The lowest BCUT2D eigenvalue weighted by Crippen LogP contribution is -2.63. The molecule has 2 heteroatoms. The largest absolute Gasteiger partial charge is 0.459 e. The fourth-order valence-electron chi connectivity index (χ4n) is 8.07.